The lowest BCUT2D eigenvalue weighted by Crippen LogP contribution is -1.80. The molecular formula is C10H11I. The molecule has 0 aromatic heterocycles. The molecule has 0 aliphatic heterocycles. The van der Waals surface area contributed by atoms with Crippen LogP contribution in [0.3, 0.4) is 0 Å². The van der Waals surface area contributed by atoms with Crippen LogP contribution in [0, 0.1) is 10.5 Å². The van der Waals surface area contributed by atoms with E-state index in [2.05, 4.69) is 36.2 Å². The third-order valence-corrected chi connectivity index (χ3v) is 3.16. The normalized spacial score (nSPS) is 9.55. The molecule has 1 aromatic carbocycles. The lowest BCUT2D eigenvalue weighted by atomic mass is 10.1. The number of halogens is 1. The monoisotopic (exact) mass is 258 g/mol. The Labute approximate surface area is 77.7 Å². The van der Waals surface area contributed by atoms with Gasteiger partial charge in [-0.1, -0.05) is 44.0 Å². The molecule has 0 aliphatic carbocycles. The Hall–Kier alpha value is -0.440. The summed E-state index contributed by atoms with van der Waals surface area (Å²) in [5.41, 5.74) is 2.53. The van der Waals surface area contributed by atoms with Gasteiger partial charge in [0.15, 0.2) is 0 Å². The van der Waals surface area contributed by atoms with E-state index in [-0.39, 0.29) is 20.7 Å². The van der Waals surface area contributed by atoms with Gasteiger partial charge in [0.25, 0.3) is 0 Å². The molecule has 0 bridgehead atoms. The Morgan fingerprint density at radius 1 is 1.45 bits per heavy atom. The minimum atomic E-state index is -0.00979. The molecule has 1 heteroatoms. The fourth-order valence-electron chi connectivity index (χ4n) is 0.951. The van der Waals surface area contributed by atoms with Crippen LogP contribution in [0.15, 0.2) is 24.8 Å². The van der Waals surface area contributed by atoms with Crippen LogP contribution in [0.25, 0.3) is 6.08 Å². The van der Waals surface area contributed by atoms with Crippen LogP contribution in [0.5, 0.6) is 0 Å². The van der Waals surface area contributed by atoms with Crippen molar-refractivity contribution in [1.82, 2.24) is 0 Å². The van der Waals surface area contributed by atoms with Gasteiger partial charge in [0.1, 0.15) is 0 Å². The molecule has 0 unspecified atom stereocenters. The lowest BCUT2D eigenvalue weighted by molar-refractivity contribution is 1.42. The van der Waals surface area contributed by atoms with Gasteiger partial charge in [0, 0.05) is 3.57 Å². The quantitative estimate of drug-likeness (QED) is 0.714. The van der Waals surface area contributed by atoms with Crippen molar-refractivity contribution >= 4 is 31.3 Å². The minimum absolute atomic E-state index is 0.00979. The van der Waals surface area contributed by atoms with E-state index >= 15 is 0 Å². The molecule has 0 heterocycles. The Morgan fingerprint density at radius 2 is 2.18 bits per heavy atom. The van der Waals surface area contributed by atoms with Crippen molar-refractivity contribution in [1.29, 1.82) is 0 Å². The van der Waals surface area contributed by atoms with Gasteiger partial charge in [-0.3, -0.25) is 0 Å². The highest BCUT2D eigenvalue weighted by molar-refractivity contribution is 14.2. The SMILES string of the molecule is C=Cc1ccc(I=C)cc1C. The van der Waals surface area contributed by atoms with E-state index in [0.29, 0.717) is 0 Å². The molecule has 0 nitrogen and oxygen atoms in total. The molecule has 1 rings (SSSR count). The predicted molar refractivity (Wildman–Crippen MR) is 61.1 cm³/mol. The molecular weight excluding hydrogens is 247 g/mol. The molecule has 0 amide bonds. The van der Waals surface area contributed by atoms with Crippen LogP contribution in [0.2, 0.25) is 0 Å². The standard InChI is InChI=1S/C10H11I/c1-4-9-5-6-10(11-3)7-8(9)2/h4-7H,1,3H2,2H3. The van der Waals surface area contributed by atoms with Crippen LogP contribution in [-0.4, -0.2) is 4.51 Å². The van der Waals surface area contributed by atoms with Crippen molar-refractivity contribution in [3.8, 4) is 0 Å². The minimum Gasteiger partial charge on any atom is -0.0985 e. The van der Waals surface area contributed by atoms with E-state index in [4.69, 9.17) is 0 Å². The summed E-state index contributed by atoms with van der Waals surface area (Å²) in [6.07, 6.45) is 1.89. The van der Waals surface area contributed by atoms with Gasteiger partial charge < -0.3 is 0 Å². The molecule has 0 atom stereocenters. The van der Waals surface area contributed by atoms with Crippen molar-refractivity contribution in [2.75, 3.05) is 0 Å². The number of benzene rings is 1. The summed E-state index contributed by atoms with van der Waals surface area (Å²) in [4.78, 5) is 0. The van der Waals surface area contributed by atoms with Crippen molar-refractivity contribution in [3.05, 3.63) is 39.5 Å². The predicted octanol–water partition coefficient (Wildman–Crippen LogP) is 3.21. The number of hydrogen-bond acceptors (Lipinski definition) is 0. The molecule has 0 saturated heterocycles. The van der Waals surface area contributed by atoms with Gasteiger partial charge in [-0.2, -0.15) is 0 Å². The highest BCUT2D eigenvalue weighted by Gasteiger charge is 1.92. The molecule has 0 fully saturated rings. The van der Waals surface area contributed by atoms with E-state index in [1.54, 1.807) is 0 Å². The van der Waals surface area contributed by atoms with Gasteiger partial charge in [-0.15, -0.1) is 0 Å². The topological polar surface area (TPSA) is 0 Å². The maximum atomic E-state index is 3.94. The first-order chi connectivity index (χ1) is 5.27. The maximum Gasteiger partial charge on any atom is 0.00747 e. The average molecular weight is 258 g/mol. The smallest absolute Gasteiger partial charge is 0.00747 e. The zero-order valence-electron chi connectivity index (χ0n) is 6.60. The summed E-state index contributed by atoms with van der Waals surface area (Å²) in [7, 11) is 0. The van der Waals surface area contributed by atoms with Gasteiger partial charge in [0.05, 0.1) is 0 Å². The van der Waals surface area contributed by atoms with E-state index < -0.39 is 0 Å². The Morgan fingerprint density at radius 3 is 2.64 bits per heavy atom. The van der Waals surface area contributed by atoms with Gasteiger partial charge >= 0.3 is 0 Å². The number of hydrogen-bond donors (Lipinski definition) is 0. The maximum absolute atomic E-state index is 3.94. The average Bonchev–Trinajstić information content (AvgIpc) is 2.04. The summed E-state index contributed by atoms with van der Waals surface area (Å²) in [5, 5.41) is 0. The Bertz CT molecular complexity index is 287. The number of aryl methyl sites for hydroxylation is 1. The highest BCUT2D eigenvalue weighted by Crippen LogP contribution is 2.15. The molecule has 11 heavy (non-hydrogen) atoms. The first kappa shape index (κ1) is 8.65. The summed E-state index contributed by atoms with van der Waals surface area (Å²) in [6.45, 7) is 5.85. The molecule has 1 aromatic rings. The third-order valence-electron chi connectivity index (χ3n) is 1.61. The van der Waals surface area contributed by atoms with Crippen molar-refractivity contribution in [2.24, 2.45) is 0 Å². The second-order valence-electron chi connectivity index (χ2n) is 2.34. The van der Waals surface area contributed by atoms with Gasteiger partial charge in [-0.25, -0.2) is 0 Å². The van der Waals surface area contributed by atoms with Crippen LogP contribution < -0.4 is 0 Å². The fourth-order valence-corrected chi connectivity index (χ4v) is 2.07. The van der Waals surface area contributed by atoms with E-state index in [9.17, 15) is 0 Å². The van der Waals surface area contributed by atoms with Crippen LogP contribution in [-0.2, 0) is 0 Å². The fraction of sp³-hybridized carbons (Fsp3) is 0.100. The number of rotatable bonds is 2. The zero-order chi connectivity index (χ0) is 8.27. The van der Waals surface area contributed by atoms with E-state index in [1.165, 1.54) is 14.7 Å². The highest BCUT2D eigenvalue weighted by atomic mass is 127. The van der Waals surface area contributed by atoms with Gasteiger partial charge in [-0.05, 0) is 30.2 Å². The summed E-state index contributed by atoms with van der Waals surface area (Å²) in [5.74, 6) is 0. The molecule has 0 N–H and O–H groups in total. The van der Waals surface area contributed by atoms with E-state index in [1.807, 2.05) is 6.08 Å². The van der Waals surface area contributed by atoms with Gasteiger partial charge in [0.2, 0.25) is 0 Å². The second kappa shape index (κ2) is 3.81. The summed E-state index contributed by atoms with van der Waals surface area (Å²) in [6, 6.07) is 6.46. The lowest BCUT2D eigenvalue weighted by Gasteiger charge is -1.99. The molecule has 0 saturated carbocycles. The first-order valence-corrected chi connectivity index (χ1v) is 6.00. The zero-order valence-corrected chi connectivity index (χ0v) is 8.76. The Balaban J connectivity index is 3.18. The van der Waals surface area contributed by atoms with E-state index in [0.717, 1.165) is 0 Å². The third kappa shape index (κ3) is 1.99. The van der Waals surface area contributed by atoms with Crippen LogP contribution in [0.4, 0.5) is 0 Å². The Kier molecular flexibility index (Phi) is 3.00. The molecule has 0 radical (unpaired) electrons. The van der Waals surface area contributed by atoms with Crippen molar-refractivity contribution in [3.63, 3.8) is 0 Å². The van der Waals surface area contributed by atoms with Crippen LogP contribution in [0.1, 0.15) is 11.1 Å². The van der Waals surface area contributed by atoms with Crippen LogP contribution >= 0.6 is 20.7 Å². The molecule has 0 aliphatic rings. The largest absolute Gasteiger partial charge is 0.0985 e. The summed E-state index contributed by atoms with van der Waals surface area (Å²) >= 11 is -0.00979. The summed E-state index contributed by atoms with van der Waals surface area (Å²) < 4.78 is 5.33. The molecule has 58 valence electrons. The molecule has 0 spiro atoms. The van der Waals surface area contributed by atoms with Crippen molar-refractivity contribution < 1.29 is 0 Å². The first-order valence-electron chi connectivity index (χ1n) is 3.39. The van der Waals surface area contributed by atoms with Crippen molar-refractivity contribution in [2.45, 2.75) is 6.92 Å². The second-order valence-corrected chi connectivity index (χ2v) is 4.35.